The van der Waals surface area contributed by atoms with Crippen LogP contribution in [0.15, 0.2) is 18.2 Å². The molecule has 90 valence electrons. The summed E-state index contributed by atoms with van der Waals surface area (Å²) in [5, 5.41) is 0. The van der Waals surface area contributed by atoms with Crippen molar-refractivity contribution in [1.82, 2.24) is 5.43 Å². The van der Waals surface area contributed by atoms with E-state index in [1.54, 1.807) is 0 Å². The Kier molecular flexibility index (Phi) is 4.97. The molecular formula is C14H24N2. The third-order valence-corrected chi connectivity index (χ3v) is 3.12. The summed E-state index contributed by atoms with van der Waals surface area (Å²) in [4.78, 5) is 0. The molecule has 0 radical (unpaired) electrons. The number of aryl methyl sites for hydroxylation is 2. The number of nitrogens with two attached hydrogens (primary N) is 1. The number of nitrogens with one attached hydrogen (secondary N) is 1. The number of rotatable bonds is 5. The Hall–Kier alpha value is -0.860. The van der Waals surface area contributed by atoms with E-state index in [2.05, 4.69) is 51.3 Å². The molecule has 1 aromatic carbocycles. The highest BCUT2D eigenvalue weighted by Gasteiger charge is 2.14. The van der Waals surface area contributed by atoms with Gasteiger partial charge in [0.25, 0.3) is 0 Å². The van der Waals surface area contributed by atoms with E-state index in [1.165, 1.54) is 23.1 Å². The van der Waals surface area contributed by atoms with Crippen molar-refractivity contribution in [3.8, 4) is 0 Å². The van der Waals surface area contributed by atoms with Crippen LogP contribution in [0.5, 0.6) is 0 Å². The van der Waals surface area contributed by atoms with Crippen LogP contribution in [-0.4, -0.2) is 0 Å². The smallest absolute Gasteiger partial charge is 0.0465 e. The Morgan fingerprint density at radius 1 is 1.12 bits per heavy atom. The normalized spacial score (nSPS) is 13.1. The summed E-state index contributed by atoms with van der Waals surface area (Å²) in [5.74, 6) is 6.40. The SMILES string of the molecule is Cc1cccc(C)c1C(CCC(C)C)NN. The van der Waals surface area contributed by atoms with Gasteiger partial charge in [-0.05, 0) is 49.3 Å². The first-order chi connectivity index (χ1) is 7.56. The van der Waals surface area contributed by atoms with Gasteiger partial charge in [0.05, 0.1) is 0 Å². The van der Waals surface area contributed by atoms with E-state index in [0.717, 1.165) is 12.3 Å². The van der Waals surface area contributed by atoms with Crippen LogP contribution < -0.4 is 11.3 Å². The molecular weight excluding hydrogens is 196 g/mol. The summed E-state index contributed by atoms with van der Waals surface area (Å²) >= 11 is 0. The van der Waals surface area contributed by atoms with Gasteiger partial charge >= 0.3 is 0 Å². The lowest BCUT2D eigenvalue weighted by atomic mass is 9.92. The number of hydrogen-bond donors (Lipinski definition) is 2. The number of hydrazine groups is 1. The third kappa shape index (κ3) is 3.32. The van der Waals surface area contributed by atoms with Crippen molar-refractivity contribution in [2.75, 3.05) is 0 Å². The lowest BCUT2D eigenvalue weighted by molar-refractivity contribution is 0.446. The Morgan fingerprint density at radius 3 is 2.12 bits per heavy atom. The van der Waals surface area contributed by atoms with Crippen LogP contribution in [0.25, 0.3) is 0 Å². The second kappa shape index (κ2) is 6.02. The average Bonchev–Trinajstić information content (AvgIpc) is 2.22. The average molecular weight is 220 g/mol. The fraction of sp³-hybridized carbons (Fsp3) is 0.571. The van der Waals surface area contributed by atoms with Crippen LogP contribution in [0.2, 0.25) is 0 Å². The first-order valence-electron chi connectivity index (χ1n) is 6.08. The van der Waals surface area contributed by atoms with Crippen molar-refractivity contribution in [1.29, 1.82) is 0 Å². The molecule has 1 atom stereocenters. The van der Waals surface area contributed by atoms with Gasteiger partial charge in [0.1, 0.15) is 0 Å². The minimum Gasteiger partial charge on any atom is -0.271 e. The van der Waals surface area contributed by atoms with Crippen molar-refractivity contribution in [2.45, 2.75) is 46.6 Å². The zero-order chi connectivity index (χ0) is 12.1. The minimum atomic E-state index is 0.281. The molecule has 0 saturated heterocycles. The van der Waals surface area contributed by atoms with Gasteiger partial charge in [0.2, 0.25) is 0 Å². The Bertz CT molecular complexity index is 311. The maximum absolute atomic E-state index is 5.68. The zero-order valence-corrected chi connectivity index (χ0v) is 10.9. The van der Waals surface area contributed by atoms with Gasteiger partial charge in [-0.3, -0.25) is 11.3 Å². The molecule has 0 fully saturated rings. The molecule has 0 aliphatic rings. The molecule has 0 saturated carbocycles. The second-order valence-electron chi connectivity index (χ2n) is 5.00. The molecule has 1 aromatic rings. The van der Waals surface area contributed by atoms with Gasteiger partial charge in [-0.2, -0.15) is 0 Å². The van der Waals surface area contributed by atoms with Crippen molar-refractivity contribution in [3.05, 3.63) is 34.9 Å². The van der Waals surface area contributed by atoms with Gasteiger partial charge in [-0.25, -0.2) is 0 Å². The van der Waals surface area contributed by atoms with Crippen LogP contribution in [-0.2, 0) is 0 Å². The van der Waals surface area contributed by atoms with Gasteiger partial charge in [-0.1, -0.05) is 32.0 Å². The monoisotopic (exact) mass is 220 g/mol. The van der Waals surface area contributed by atoms with E-state index in [4.69, 9.17) is 5.84 Å². The highest BCUT2D eigenvalue weighted by molar-refractivity contribution is 5.36. The first kappa shape index (κ1) is 13.2. The summed E-state index contributed by atoms with van der Waals surface area (Å²) in [6.07, 6.45) is 2.29. The number of hydrogen-bond acceptors (Lipinski definition) is 2. The summed E-state index contributed by atoms with van der Waals surface area (Å²) in [6, 6.07) is 6.69. The van der Waals surface area contributed by atoms with Gasteiger partial charge in [-0.15, -0.1) is 0 Å². The standard InChI is InChI=1S/C14H24N2/c1-10(2)8-9-13(16-15)14-11(3)6-5-7-12(14)4/h5-7,10,13,16H,8-9,15H2,1-4H3. The second-order valence-corrected chi connectivity index (χ2v) is 5.00. The Labute approximate surface area is 99.2 Å². The van der Waals surface area contributed by atoms with Gasteiger partial charge in [0.15, 0.2) is 0 Å². The lowest BCUT2D eigenvalue weighted by Gasteiger charge is -2.21. The van der Waals surface area contributed by atoms with Crippen molar-refractivity contribution in [3.63, 3.8) is 0 Å². The molecule has 2 nitrogen and oxygen atoms in total. The Morgan fingerprint density at radius 2 is 1.69 bits per heavy atom. The Balaban J connectivity index is 2.86. The highest BCUT2D eigenvalue weighted by Crippen LogP contribution is 2.26. The fourth-order valence-electron chi connectivity index (χ4n) is 2.19. The third-order valence-electron chi connectivity index (χ3n) is 3.12. The zero-order valence-electron chi connectivity index (χ0n) is 10.9. The maximum atomic E-state index is 5.68. The lowest BCUT2D eigenvalue weighted by Crippen LogP contribution is -2.29. The summed E-state index contributed by atoms with van der Waals surface area (Å²) < 4.78 is 0. The quantitative estimate of drug-likeness (QED) is 0.590. The van der Waals surface area contributed by atoms with Crippen molar-refractivity contribution >= 4 is 0 Å². The van der Waals surface area contributed by atoms with Crippen LogP contribution in [0, 0.1) is 19.8 Å². The van der Waals surface area contributed by atoms with Crippen molar-refractivity contribution in [2.24, 2.45) is 11.8 Å². The molecule has 0 aliphatic heterocycles. The maximum Gasteiger partial charge on any atom is 0.0465 e. The molecule has 0 spiro atoms. The predicted molar refractivity (Wildman–Crippen MR) is 70.1 cm³/mol. The molecule has 16 heavy (non-hydrogen) atoms. The topological polar surface area (TPSA) is 38.0 Å². The van der Waals surface area contributed by atoms with E-state index in [0.29, 0.717) is 0 Å². The predicted octanol–water partition coefficient (Wildman–Crippen LogP) is 3.24. The van der Waals surface area contributed by atoms with Crippen LogP contribution in [0.3, 0.4) is 0 Å². The highest BCUT2D eigenvalue weighted by atomic mass is 15.2. The summed E-state index contributed by atoms with van der Waals surface area (Å²) in [6.45, 7) is 8.81. The molecule has 0 bridgehead atoms. The van der Waals surface area contributed by atoms with Crippen LogP contribution in [0.1, 0.15) is 49.4 Å². The minimum absolute atomic E-state index is 0.281. The molecule has 0 heterocycles. The van der Waals surface area contributed by atoms with Gasteiger partial charge in [0, 0.05) is 6.04 Å². The van der Waals surface area contributed by atoms with E-state index >= 15 is 0 Å². The fourth-order valence-corrected chi connectivity index (χ4v) is 2.19. The molecule has 0 aliphatic carbocycles. The molecule has 1 rings (SSSR count). The summed E-state index contributed by atoms with van der Waals surface area (Å²) in [7, 11) is 0. The van der Waals surface area contributed by atoms with Crippen LogP contribution in [0.4, 0.5) is 0 Å². The number of benzene rings is 1. The van der Waals surface area contributed by atoms with E-state index in [9.17, 15) is 0 Å². The van der Waals surface area contributed by atoms with Gasteiger partial charge < -0.3 is 0 Å². The van der Waals surface area contributed by atoms with Crippen molar-refractivity contribution < 1.29 is 0 Å². The van der Waals surface area contributed by atoms with E-state index < -0.39 is 0 Å². The molecule has 0 amide bonds. The summed E-state index contributed by atoms with van der Waals surface area (Å²) in [5.41, 5.74) is 6.97. The molecule has 3 N–H and O–H groups in total. The largest absolute Gasteiger partial charge is 0.271 e. The molecule has 2 heteroatoms. The van der Waals surface area contributed by atoms with E-state index in [1.807, 2.05) is 0 Å². The van der Waals surface area contributed by atoms with Crippen LogP contribution >= 0.6 is 0 Å². The molecule has 1 unspecified atom stereocenters. The van der Waals surface area contributed by atoms with E-state index in [-0.39, 0.29) is 6.04 Å². The first-order valence-corrected chi connectivity index (χ1v) is 6.08. The molecule has 0 aromatic heterocycles.